The molecule has 0 spiro atoms. The molecule has 0 aliphatic rings. The van der Waals surface area contributed by atoms with E-state index in [4.69, 9.17) is 4.74 Å². The Kier molecular flexibility index (Phi) is 4.25. The highest BCUT2D eigenvalue weighted by Crippen LogP contribution is 2.40. The van der Waals surface area contributed by atoms with Gasteiger partial charge in [-0.3, -0.25) is 5.21 Å². The van der Waals surface area contributed by atoms with E-state index in [2.05, 4.69) is 30.3 Å². The van der Waals surface area contributed by atoms with Gasteiger partial charge in [0, 0.05) is 10.1 Å². The lowest BCUT2D eigenvalue weighted by Gasteiger charge is -2.14. The van der Waals surface area contributed by atoms with Crippen molar-refractivity contribution in [3.63, 3.8) is 0 Å². The van der Waals surface area contributed by atoms with E-state index < -0.39 is 0 Å². The van der Waals surface area contributed by atoms with Gasteiger partial charge >= 0.3 is 0 Å². The topological polar surface area (TPSA) is 53.6 Å². The third-order valence-corrected chi connectivity index (χ3v) is 5.47. The quantitative estimate of drug-likeness (QED) is 0.311. The molecule has 1 heterocycles. The van der Waals surface area contributed by atoms with E-state index in [9.17, 15) is 10.3 Å². The molecule has 0 unspecified atom stereocenters. The fraction of sp³-hybridized carbons (Fsp3) is 0.0385. The number of hydrogen-bond acceptors (Lipinski definition) is 3. The lowest BCUT2D eigenvalue weighted by Crippen LogP contribution is -2.28. The molecule has 0 saturated heterocycles. The number of phenols is 1. The van der Waals surface area contributed by atoms with E-state index in [0.717, 1.165) is 48.5 Å². The third-order valence-electron chi connectivity index (χ3n) is 5.47. The molecule has 0 atom stereocenters. The minimum absolute atomic E-state index is 0.108. The number of benzene rings is 4. The molecule has 0 aliphatic carbocycles. The second kappa shape index (κ2) is 7.08. The van der Waals surface area contributed by atoms with E-state index in [0.29, 0.717) is 5.75 Å². The van der Waals surface area contributed by atoms with Gasteiger partial charge in [0.25, 0.3) is 0 Å². The van der Waals surface area contributed by atoms with Crippen LogP contribution in [0.3, 0.4) is 0 Å². The maximum Gasteiger partial charge on any atom is 0.230 e. The number of aromatic nitrogens is 1. The van der Waals surface area contributed by atoms with Crippen LogP contribution in [0.2, 0.25) is 0 Å². The monoisotopic (exact) mass is 394 g/mol. The van der Waals surface area contributed by atoms with E-state index in [1.165, 1.54) is 0 Å². The van der Waals surface area contributed by atoms with Gasteiger partial charge in [0.05, 0.1) is 18.1 Å². The second-order valence-corrected chi connectivity index (χ2v) is 7.24. The van der Waals surface area contributed by atoms with Crippen LogP contribution >= 0.6 is 0 Å². The van der Waals surface area contributed by atoms with Gasteiger partial charge in [0.1, 0.15) is 0 Å². The number of phenolic OH excluding ortho intramolecular Hbond substituents is 1. The maximum atomic E-state index is 10.3. The van der Waals surface area contributed by atoms with E-state index in [-0.39, 0.29) is 5.75 Å². The van der Waals surface area contributed by atoms with E-state index >= 15 is 0 Å². The van der Waals surface area contributed by atoms with Crippen LogP contribution in [0.4, 0.5) is 0 Å². The Hall–Kier alpha value is -4.05. The lowest BCUT2D eigenvalue weighted by molar-refractivity contribution is -0.903. The Morgan fingerprint density at radius 2 is 1.47 bits per heavy atom. The summed E-state index contributed by atoms with van der Waals surface area (Å²) in [5.41, 5.74) is 3.94. The molecule has 146 valence electrons. The van der Waals surface area contributed by atoms with E-state index in [1.807, 2.05) is 42.5 Å². The lowest BCUT2D eigenvalue weighted by atomic mass is 9.90. The zero-order chi connectivity index (χ0) is 20.7. The maximum absolute atomic E-state index is 10.3. The fourth-order valence-electron chi connectivity index (χ4n) is 4.10. The molecule has 30 heavy (non-hydrogen) atoms. The Labute approximate surface area is 173 Å². The summed E-state index contributed by atoms with van der Waals surface area (Å²) in [6.45, 7) is 0. The minimum atomic E-state index is 0.108. The minimum Gasteiger partial charge on any atom is -0.504 e. The molecule has 0 fully saturated rings. The Bertz CT molecular complexity index is 1400. The van der Waals surface area contributed by atoms with Gasteiger partial charge in [-0.2, -0.15) is 0 Å². The number of hydrogen-bond donors (Lipinski definition) is 2. The zero-order valence-corrected chi connectivity index (χ0v) is 16.4. The zero-order valence-electron chi connectivity index (χ0n) is 16.4. The number of rotatable bonds is 3. The summed E-state index contributed by atoms with van der Waals surface area (Å²) in [5.74, 6) is 0.539. The third kappa shape index (κ3) is 2.90. The molecular weight excluding hydrogens is 374 g/mol. The van der Waals surface area contributed by atoms with Crippen LogP contribution in [0.1, 0.15) is 0 Å². The van der Waals surface area contributed by atoms with Crippen LogP contribution in [-0.4, -0.2) is 17.4 Å². The summed E-state index contributed by atoms with van der Waals surface area (Å²) in [5, 5.41) is 24.5. The smallest absolute Gasteiger partial charge is 0.230 e. The number of methoxy groups -OCH3 is 1. The first kappa shape index (κ1) is 18.0. The summed E-state index contributed by atoms with van der Waals surface area (Å²) in [7, 11) is 1.55. The number of fused-ring (bicyclic) bond motifs is 2. The summed E-state index contributed by atoms with van der Waals surface area (Å²) >= 11 is 0. The predicted molar refractivity (Wildman–Crippen MR) is 118 cm³/mol. The first-order chi connectivity index (χ1) is 14.7. The largest absolute Gasteiger partial charge is 0.504 e. The number of nitrogens with zero attached hydrogens (tertiary/aromatic N) is 1. The summed E-state index contributed by atoms with van der Waals surface area (Å²) in [4.78, 5) is 0. The van der Waals surface area contributed by atoms with Crippen molar-refractivity contribution in [2.45, 2.75) is 0 Å². The molecule has 0 radical (unpaired) electrons. The van der Waals surface area contributed by atoms with Crippen molar-refractivity contribution in [2.24, 2.45) is 0 Å². The van der Waals surface area contributed by atoms with Crippen molar-refractivity contribution >= 4 is 21.5 Å². The summed E-state index contributed by atoms with van der Waals surface area (Å²) in [6, 6.07) is 25.8. The fourth-order valence-corrected chi connectivity index (χ4v) is 4.10. The highest BCUT2D eigenvalue weighted by atomic mass is 16.5. The number of ether oxygens (including phenoxy) is 1. The standard InChI is InChI=1S/C26H19NO3/c1-30-25-14-18(12-13-24(25)28)21-10-4-7-17-8-5-11-22(26(17)21)23-16-27(29)15-19-6-2-3-9-20(19)23/h2-16H,1H3,(H-,28,29)/p+1. The molecule has 0 aliphatic heterocycles. The molecule has 0 bridgehead atoms. The van der Waals surface area contributed by atoms with Gasteiger partial charge in [-0.25, -0.2) is 0 Å². The average molecular weight is 394 g/mol. The van der Waals surface area contributed by atoms with Crippen LogP contribution in [0.5, 0.6) is 11.5 Å². The molecule has 1 aromatic heterocycles. The first-order valence-electron chi connectivity index (χ1n) is 9.68. The van der Waals surface area contributed by atoms with Gasteiger partial charge < -0.3 is 9.84 Å². The van der Waals surface area contributed by atoms with Gasteiger partial charge in [0.2, 0.25) is 12.4 Å². The molecule has 4 heteroatoms. The highest BCUT2D eigenvalue weighted by Gasteiger charge is 2.17. The molecule has 4 nitrogen and oxygen atoms in total. The van der Waals surface area contributed by atoms with Gasteiger partial charge in [-0.15, -0.1) is 0 Å². The molecule has 4 aromatic carbocycles. The Morgan fingerprint density at radius 3 is 2.27 bits per heavy atom. The Balaban J connectivity index is 1.86. The van der Waals surface area contributed by atoms with Gasteiger partial charge in [0.15, 0.2) is 11.5 Å². The molecule has 5 rings (SSSR count). The summed E-state index contributed by atoms with van der Waals surface area (Å²) in [6.07, 6.45) is 3.45. The summed E-state index contributed by atoms with van der Waals surface area (Å²) < 4.78 is 6.43. The van der Waals surface area contributed by atoms with Crippen LogP contribution in [0.25, 0.3) is 43.8 Å². The van der Waals surface area contributed by atoms with Crippen molar-refractivity contribution < 1.29 is 19.8 Å². The van der Waals surface area contributed by atoms with Crippen molar-refractivity contribution in [3.05, 3.63) is 91.3 Å². The average Bonchev–Trinajstić information content (AvgIpc) is 2.78. The highest BCUT2D eigenvalue weighted by molar-refractivity contribution is 6.10. The molecular formula is C26H20NO3+. The molecule has 0 saturated carbocycles. The van der Waals surface area contributed by atoms with Crippen molar-refractivity contribution in [1.29, 1.82) is 0 Å². The molecule has 2 N–H and O–H groups in total. The Morgan fingerprint density at radius 1 is 0.733 bits per heavy atom. The van der Waals surface area contributed by atoms with Crippen LogP contribution in [-0.2, 0) is 0 Å². The van der Waals surface area contributed by atoms with Crippen LogP contribution in [0, 0.1) is 0 Å². The first-order valence-corrected chi connectivity index (χ1v) is 9.68. The van der Waals surface area contributed by atoms with Gasteiger partial charge in [-0.1, -0.05) is 60.7 Å². The SMILES string of the molecule is COc1cc(-c2cccc3cccc(-c4c[n+](O)cc5ccccc45)c23)ccc1O. The number of pyridine rings is 1. The van der Waals surface area contributed by atoms with Crippen molar-refractivity contribution in [2.75, 3.05) is 7.11 Å². The van der Waals surface area contributed by atoms with E-state index in [1.54, 1.807) is 25.6 Å². The molecule has 5 aromatic rings. The normalized spacial score (nSPS) is 11.1. The molecule has 0 amide bonds. The van der Waals surface area contributed by atoms with Crippen LogP contribution in [0.15, 0.2) is 91.3 Å². The van der Waals surface area contributed by atoms with Gasteiger partial charge in [-0.05, 0) is 45.7 Å². The predicted octanol–water partition coefficient (Wildman–Crippen LogP) is 5.57. The van der Waals surface area contributed by atoms with Crippen molar-refractivity contribution in [3.8, 4) is 33.8 Å². The number of aromatic hydroxyl groups is 1. The van der Waals surface area contributed by atoms with Crippen molar-refractivity contribution in [1.82, 2.24) is 0 Å². The second-order valence-electron chi connectivity index (χ2n) is 7.24. The van der Waals surface area contributed by atoms with Crippen LogP contribution < -0.4 is 9.47 Å².